The first-order valence-corrected chi connectivity index (χ1v) is 8.87. The number of fused-ring (bicyclic) bond motifs is 1. The van der Waals surface area contributed by atoms with E-state index >= 15 is 0 Å². The highest BCUT2D eigenvalue weighted by Crippen LogP contribution is 2.40. The predicted molar refractivity (Wildman–Crippen MR) is 92.2 cm³/mol. The topological polar surface area (TPSA) is 58.0 Å². The quantitative estimate of drug-likeness (QED) is 0.862. The Morgan fingerprint density at radius 3 is 2.29 bits per heavy atom. The van der Waals surface area contributed by atoms with Crippen molar-refractivity contribution in [3.05, 3.63) is 36.2 Å². The van der Waals surface area contributed by atoms with E-state index in [4.69, 9.17) is 0 Å². The molecule has 6 nitrogen and oxygen atoms in total. The Labute approximate surface area is 142 Å². The Balaban J connectivity index is 1.30. The minimum atomic E-state index is 0.684. The van der Waals surface area contributed by atoms with Gasteiger partial charge in [0.05, 0.1) is 5.69 Å². The SMILES string of the molecule is Cc1nccnc1N1CC2CN(c3cc(C4CC4)ncn3)CC2C1. The standard InChI is InChI=1S/C18H22N6/c1-12-18(20-5-4-19-12)24-9-14-7-23(8-15(14)10-24)17-6-16(13-2-3-13)21-11-22-17/h4-6,11,13-15H,2-3,7-10H2,1H3. The summed E-state index contributed by atoms with van der Waals surface area (Å²) in [6.07, 6.45) is 7.88. The van der Waals surface area contributed by atoms with Crippen LogP contribution in [-0.4, -0.2) is 46.1 Å². The third-order valence-electron chi connectivity index (χ3n) is 5.63. The molecular formula is C18H22N6. The van der Waals surface area contributed by atoms with Crippen LogP contribution < -0.4 is 9.80 Å². The van der Waals surface area contributed by atoms with Crippen molar-refractivity contribution >= 4 is 11.6 Å². The van der Waals surface area contributed by atoms with Crippen molar-refractivity contribution in [1.29, 1.82) is 0 Å². The van der Waals surface area contributed by atoms with Gasteiger partial charge in [-0.05, 0) is 19.8 Å². The summed E-state index contributed by atoms with van der Waals surface area (Å²) in [5.41, 5.74) is 2.26. The first kappa shape index (κ1) is 14.1. The van der Waals surface area contributed by atoms with E-state index in [9.17, 15) is 0 Å². The lowest BCUT2D eigenvalue weighted by Crippen LogP contribution is -2.30. The molecule has 1 saturated carbocycles. The monoisotopic (exact) mass is 322 g/mol. The highest BCUT2D eigenvalue weighted by molar-refractivity contribution is 5.47. The maximum absolute atomic E-state index is 4.53. The van der Waals surface area contributed by atoms with Gasteiger partial charge in [0.15, 0.2) is 0 Å². The van der Waals surface area contributed by atoms with Crippen LogP contribution in [0.2, 0.25) is 0 Å². The highest BCUT2D eigenvalue weighted by atomic mass is 15.3. The molecule has 3 aliphatic rings. The number of hydrogen-bond donors (Lipinski definition) is 0. The first-order valence-electron chi connectivity index (χ1n) is 8.87. The van der Waals surface area contributed by atoms with Gasteiger partial charge in [-0.25, -0.2) is 15.0 Å². The van der Waals surface area contributed by atoms with Crippen LogP contribution in [0, 0.1) is 18.8 Å². The molecule has 0 aromatic carbocycles. The molecule has 2 atom stereocenters. The number of aromatic nitrogens is 4. The van der Waals surface area contributed by atoms with Crippen LogP contribution in [-0.2, 0) is 0 Å². The van der Waals surface area contributed by atoms with Gasteiger partial charge in [-0.1, -0.05) is 0 Å². The molecule has 0 spiro atoms. The second-order valence-electron chi connectivity index (χ2n) is 7.37. The molecule has 2 saturated heterocycles. The molecule has 0 bridgehead atoms. The van der Waals surface area contributed by atoms with E-state index in [1.165, 1.54) is 18.5 Å². The fourth-order valence-corrected chi connectivity index (χ4v) is 4.20. The minimum Gasteiger partial charge on any atom is -0.356 e. The normalized spacial score (nSPS) is 26.0. The zero-order valence-electron chi connectivity index (χ0n) is 14.0. The van der Waals surface area contributed by atoms with Gasteiger partial charge in [-0.3, -0.25) is 4.98 Å². The lowest BCUT2D eigenvalue weighted by Gasteiger charge is -2.23. The Hall–Kier alpha value is -2.24. The summed E-state index contributed by atoms with van der Waals surface area (Å²) in [4.78, 5) is 22.7. The molecule has 1 aliphatic carbocycles. The van der Waals surface area contributed by atoms with E-state index in [-0.39, 0.29) is 0 Å². The maximum Gasteiger partial charge on any atom is 0.150 e. The molecule has 0 amide bonds. The maximum atomic E-state index is 4.53. The molecule has 0 radical (unpaired) electrons. The molecule has 0 N–H and O–H groups in total. The van der Waals surface area contributed by atoms with Crippen molar-refractivity contribution in [2.45, 2.75) is 25.7 Å². The van der Waals surface area contributed by atoms with Crippen molar-refractivity contribution in [3.63, 3.8) is 0 Å². The smallest absolute Gasteiger partial charge is 0.150 e. The first-order chi connectivity index (χ1) is 11.8. The van der Waals surface area contributed by atoms with Crippen molar-refractivity contribution < 1.29 is 0 Å². The van der Waals surface area contributed by atoms with Crippen LogP contribution in [0.3, 0.4) is 0 Å². The van der Waals surface area contributed by atoms with E-state index in [1.807, 2.05) is 6.92 Å². The van der Waals surface area contributed by atoms with Crippen LogP contribution in [0.4, 0.5) is 11.6 Å². The number of aryl methyl sites for hydroxylation is 1. The molecule has 24 heavy (non-hydrogen) atoms. The van der Waals surface area contributed by atoms with E-state index in [1.54, 1.807) is 18.7 Å². The van der Waals surface area contributed by atoms with Gasteiger partial charge in [0.2, 0.25) is 0 Å². The summed E-state index contributed by atoms with van der Waals surface area (Å²) in [5, 5.41) is 0. The van der Waals surface area contributed by atoms with E-state index < -0.39 is 0 Å². The predicted octanol–water partition coefficient (Wildman–Crippen LogP) is 2.03. The van der Waals surface area contributed by atoms with Crippen molar-refractivity contribution in [3.8, 4) is 0 Å². The van der Waals surface area contributed by atoms with Crippen LogP contribution in [0.5, 0.6) is 0 Å². The number of anilines is 2. The average Bonchev–Trinajstić information content (AvgIpc) is 3.26. The Morgan fingerprint density at radius 2 is 1.58 bits per heavy atom. The number of hydrogen-bond acceptors (Lipinski definition) is 6. The molecule has 4 heterocycles. The lowest BCUT2D eigenvalue weighted by atomic mass is 10.0. The van der Waals surface area contributed by atoms with E-state index in [0.29, 0.717) is 17.8 Å². The van der Waals surface area contributed by atoms with Gasteiger partial charge in [-0.15, -0.1) is 0 Å². The molecule has 2 aliphatic heterocycles. The lowest BCUT2D eigenvalue weighted by molar-refractivity contribution is 0.533. The molecule has 5 rings (SSSR count). The van der Waals surface area contributed by atoms with Crippen molar-refractivity contribution in [1.82, 2.24) is 19.9 Å². The molecule has 3 fully saturated rings. The Bertz CT molecular complexity index is 745. The molecule has 2 aromatic heterocycles. The fourth-order valence-electron chi connectivity index (χ4n) is 4.20. The summed E-state index contributed by atoms with van der Waals surface area (Å²) in [6.45, 7) is 6.36. The van der Waals surface area contributed by atoms with Gasteiger partial charge in [0.25, 0.3) is 0 Å². The summed E-state index contributed by atoms with van der Waals surface area (Å²) in [7, 11) is 0. The van der Waals surface area contributed by atoms with Gasteiger partial charge in [0.1, 0.15) is 18.0 Å². The summed E-state index contributed by atoms with van der Waals surface area (Å²) < 4.78 is 0. The number of nitrogens with zero attached hydrogens (tertiary/aromatic N) is 6. The second kappa shape index (κ2) is 5.40. The Kier molecular flexibility index (Phi) is 3.18. The van der Waals surface area contributed by atoms with E-state index in [2.05, 4.69) is 35.8 Å². The third-order valence-corrected chi connectivity index (χ3v) is 5.63. The minimum absolute atomic E-state index is 0.684. The summed E-state index contributed by atoms with van der Waals surface area (Å²) in [5.74, 6) is 4.22. The molecule has 6 heteroatoms. The Morgan fingerprint density at radius 1 is 0.875 bits per heavy atom. The van der Waals surface area contributed by atoms with Crippen LogP contribution in [0.25, 0.3) is 0 Å². The van der Waals surface area contributed by atoms with Gasteiger partial charge >= 0.3 is 0 Å². The van der Waals surface area contributed by atoms with Crippen molar-refractivity contribution in [2.24, 2.45) is 11.8 Å². The third kappa shape index (κ3) is 2.41. The molecule has 2 unspecified atom stereocenters. The largest absolute Gasteiger partial charge is 0.356 e. The van der Waals surface area contributed by atoms with Crippen molar-refractivity contribution in [2.75, 3.05) is 36.0 Å². The van der Waals surface area contributed by atoms with E-state index in [0.717, 1.165) is 43.5 Å². The number of rotatable bonds is 3. The highest BCUT2D eigenvalue weighted by Gasteiger charge is 2.41. The summed E-state index contributed by atoms with van der Waals surface area (Å²) >= 11 is 0. The molecular weight excluding hydrogens is 300 g/mol. The zero-order valence-corrected chi connectivity index (χ0v) is 14.0. The average molecular weight is 322 g/mol. The zero-order chi connectivity index (χ0) is 16.1. The molecule has 2 aromatic rings. The van der Waals surface area contributed by atoms with Gasteiger partial charge in [0, 0.05) is 68.1 Å². The fraction of sp³-hybridized carbons (Fsp3) is 0.556. The van der Waals surface area contributed by atoms with Crippen LogP contribution in [0.1, 0.15) is 30.1 Å². The molecule has 124 valence electrons. The van der Waals surface area contributed by atoms with Gasteiger partial charge < -0.3 is 9.80 Å². The van der Waals surface area contributed by atoms with Crippen LogP contribution >= 0.6 is 0 Å². The van der Waals surface area contributed by atoms with Crippen LogP contribution in [0.15, 0.2) is 24.8 Å². The van der Waals surface area contributed by atoms with Gasteiger partial charge in [-0.2, -0.15) is 0 Å². The summed E-state index contributed by atoms with van der Waals surface area (Å²) in [6, 6.07) is 2.21. The second-order valence-corrected chi connectivity index (χ2v) is 7.37.